The third kappa shape index (κ3) is 6.19. The Labute approximate surface area is 263 Å². The first kappa shape index (κ1) is 31.9. The predicted molar refractivity (Wildman–Crippen MR) is 171 cm³/mol. The van der Waals surface area contributed by atoms with Crippen molar-refractivity contribution in [3.63, 3.8) is 0 Å². The van der Waals surface area contributed by atoms with Crippen LogP contribution < -0.4 is 15.3 Å². The first-order valence-corrected chi connectivity index (χ1v) is 16.9. The smallest absolute Gasteiger partial charge is 0.261 e. The lowest BCUT2D eigenvalue weighted by atomic mass is 10.0. The van der Waals surface area contributed by atoms with Gasteiger partial charge in [0.1, 0.15) is 10.8 Å². The number of benzene rings is 3. The van der Waals surface area contributed by atoms with Crippen molar-refractivity contribution < 1.29 is 22.7 Å². The number of hydrogen-bond acceptors (Lipinski definition) is 6. The molecule has 0 saturated carbocycles. The van der Waals surface area contributed by atoms with Crippen LogP contribution in [0.25, 0.3) is 0 Å². The van der Waals surface area contributed by atoms with E-state index in [1.807, 2.05) is 50.2 Å². The SMILES string of the molecule is C[C@@H]1CN(c2c(CO[Si](c3ccccc3)(c3ccccc3)C(C)(C)C)cc(C(=O)c3cncc(Cl)n3)c(F)c2F)C[C@H](C)O1. The number of hydrogen-bond donors (Lipinski definition) is 0. The summed E-state index contributed by atoms with van der Waals surface area (Å²) in [6.45, 7) is 10.8. The van der Waals surface area contributed by atoms with Crippen molar-refractivity contribution in [3.05, 3.63) is 113 Å². The molecular formula is C34H36ClF2N3O3Si. The van der Waals surface area contributed by atoms with Crippen LogP contribution in [0, 0.1) is 11.6 Å². The van der Waals surface area contributed by atoms with Crippen molar-refractivity contribution in [2.24, 2.45) is 0 Å². The predicted octanol–water partition coefficient (Wildman–Crippen LogP) is 6.33. The van der Waals surface area contributed by atoms with Gasteiger partial charge in [-0.1, -0.05) is 93.0 Å². The normalized spacial score (nSPS) is 17.5. The minimum Gasteiger partial charge on any atom is -0.403 e. The molecule has 1 saturated heterocycles. The van der Waals surface area contributed by atoms with Gasteiger partial charge in [0.05, 0.1) is 42.5 Å². The van der Waals surface area contributed by atoms with Crippen LogP contribution in [-0.4, -0.2) is 49.4 Å². The van der Waals surface area contributed by atoms with E-state index in [2.05, 4.69) is 55.0 Å². The van der Waals surface area contributed by atoms with Crippen molar-refractivity contribution in [1.29, 1.82) is 0 Å². The number of aromatic nitrogens is 2. The Kier molecular flexibility index (Phi) is 9.32. The molecule has 0 radical (unpaired) electrons. The molecule has 1 fully saturated rings. The molecule has 0 spiro atoms. The average Bonchev–Trinajstić information content (AvgIpc) is 2.98. The number of rotatable bonds is 8. The Morgan fingerprint density at radius 1 is 0.977 bits per heavy atom. The van der Waals surface area contributed by atoms with Crippen LogP contribution in [0.15, 0.2) is 79.1 Å². The fourth-order valence-corrected chi connectivity index (χ4v) is 10.9. The maximum absolute atomic E-state index is 16.3. The van der Waals surface area contributed by atoms with Crippen LogP contribution in [0.2, 0.25) is 10.2 Å². The van der Waals surface area contributed by atoms with Gasteiger partial charge < -0.3 is 14.1 Å². The van der Waals surface area contributed by atoms with Gasteiger partial charge in [0.25, 0.3) is 8.32 Å². The van der Waals surface area contributed by atoms with E-state index < -0.39 is 31.3 Å². The third-order valence-electron chi connectivity index (χ3n) is 7.94. The maximum Gasteiger partial charge on any atom is 0.261 e. The van der Waals surface area contributed by atoms with Gasteiger partial charge in [0.15, 0.2) is 11.6 Å². The van der Waals surface area contributed by atoms with Gasteiger partial charge in [0.2, 0.25) is 5.78 Å². The second kappa shape index (κ2) is 12.8. The molecule has 10 heteroatoms. The number of carbonyl (C=O) groups is 1. The number of nitrogens with zero attached hydrogens (tertiary/aromatic N) is 3. The molecule has 230 valence electrons. The molecule has 5 rings (SSSR count). The summed E-state index contributed by atoms with van der Waals surface area (Å²) in [7, 11) is -3.06. The van der Waals surface area contributed by atoms with Crippen molar-refractivity contribution in [3.8, 4) is 0 Å². The van der Waals surface area contributed by atoms with E-state index >= 15 is 8.78 Å². The lowest BCUT2D eigenvalue weighted by Crippen LogP contribution is -2.66. The van der Waals surface area contributed by atoms with Gasteiger partial charge in [-0.15, -0.1) is 0 Å². The highest BCUT2D eigenvalue weighted by atomic mass is 35.5. The molecule has 4 aromatic rings. The third-order valence-corrected chi connectivity index (χ3v) is 13.1. The molecule has 0 N–H and O–H groups in total. The molecule has 2 atom stereocenters. The van der Waals surface area contributed by atoms with Gasteiger partial charge >= 0.3 is 0 Å². The van der Waals surface area contributed by atoms with Crippen molar-refractivity contribution >= 4 is 41.8 Å². The van der Waals surface area contributed by atoms with Crippen molar-refractivity contribution in [1.82, 2.24) is 9.97 Å². The molecule has 1 aromatic heterocycles. The first-order valence-electron chi connectivity index (χ1n) is 14.6. The van der Waals surface area contributed by atoms with Gasteiger partial charge in [-0.3, -0.25) is 9.78 Å². The van der Waals surface area contributed by atoms with E-state index in [0.717, 1.165) is 10.4 Å². The number of ketones is 1. The lowest BCUT2D eigenvalue weighted by Gasteiger charge is -2.43. The van der Waals surface area contributed by atoms with Crippen molar-refractivity contribution in [2.75, 3.05) is 18.0 Å². The highest BCUT2D eigenvalue weighted by Crippen LogP contribution is 2.39. The van der Waals surface area contributed by atoms with Crippen molar-refractivity contribution in [2.45, 2.75) is 58.5 Å². The van der Waals surface area contributed by atoms with Gasteiger partial charge in [0, 0.05) is 18.7 Å². The molecular weight excluding hydrogens is 600 g/mol. The Bertz CT molecular complexity index is 1590. The van der Waals surface area contributed by atoms with E-state index in [1.54, 1.807) is 4.90 Å². The number of morpholine rings is 1. The Balaban J connectivity index is 1.68. The van der Waals surface area contributed by atoms with Gasteiger partial charge in [-0.05, 0) is 35.3 Å². The fourth-order valence-electron chi connectivity index (χ4n) is 6.18. The second-order valence-electron chi connectivity index (χ2n) is 12.2. The average molecular weight is 636 g/mol. The summed E-state index contributed by atoms with van der Waals surface area (Å²) in [6.07, 6.45) is 2.02. The zero-order valence-electron chi connectivity index (χ0n) is 25.5. The summed E-state index contributed by atoms with van der Waals surface area (Å²) in [5.74, 6) is -3.20. The summed E-state index contributed by atoms with van der Waals surface area (Å²) in [5, 5.41) is 1.70. The summed E-state index contributed by atoms with van der Waals surface area (Å²) in [5.41, 5.74) is -0.220. The summed E-state index contributed by atoms with van der Waals surface area (Å²) in [6, 6.07) is 21.5. The molecule has 3 aromatic carbocycles. The number of halogens is 3. The minimum absolute atomic E-state index is 0.0279. The highest BCUT2D eigenvalue weighted by Gasteiger charge is 2.50. The number of carbonyl (C=O) groups excluding carboxylic acids is 1. The topological polar surface area (TPSA) is 64.5 Å². The molecule has 0 bridgehead atoms. The van der Waals surface area contributed by atoms with E-state index in [9.17, 15) is 4.79 Å². The molecule has 6 nitrogen and oxygen atoms in total. The molecule has 0 aliphatic carbocycles. The van der Waals surface area contributed by atoms with Crippen LogP contribution >= 0.6 is 11.6 Å². The minimum atomic E-state index is -3.06. The second-order valence-corrected chi connectivity index (χ2v) is 16.9. The molecule has 0 unspecified atom stereocenters. The maximum atomic E-state index is 16.3. The van der Waals surface area contributed by atoms with Gasteiger partial charge in [-0.2, -0.15) is 0 Å². The number of ether oxygens (including phenoxy) is 1. The van der Waals surface area contributed by atoms with E-state index in [1.165, 1.54) is 18.5 Å². The van der Waals surface area contributed by atoms with Gasteiger partial charge in [-0.25, -0.2) is 13.8 Å². The fraction of sp³-hybridized carbons (Fsp3) is 0.324. The molecule has 44 heavy (non-hydrogen) atoms. The molecule has 2 heterocycles. The van der Waals surface area contributed by atoms with E-state index in [0.29, 0.717) is 18.7 Å². The summed E-state index contributed by atoms with van der Waals surface area (Å²) < 4.78 is 45.2. The Morgan fingerprint density at radius 2 is 1.55 bits per heavy atom. The van der Waals surface area contributed by atoms with Crippen LogP contribution in [0.4, 0.5) is 14.5 Å². The molecule has 1 aliphatic heterocycles. The van der Waals surface area contributed by atoms with E-state index in [-0.39, 0.29) is 40.4 Å². The zero-order chi connectivity index (χ0) is 31.6. The molecule has 0 amide bonds. The zero-order valence-corrected chi connectivity index (χ0v) is 27.2. The van der Waals surface area contributed by atoms with Crippen LogP contribution in [-0.2, 0) is 15.8 Å². The summed E-state index contributed by atoms with van der Waals surface area (Å²) >= 11 is 5.96. The standard InChI is InChI=1S/C34H36ClF2N3O3Si/c1-22-19-40(20-23(2)43-22)32-24(16-27(30(36)31(32)37)33(41)28-17-38-18-29(35)39-28)21-42-44(34(3,4)5,25-12-8-6-9-13-25)26-14-10-7-11-15-26/h6-18,22-23H,19-21H2,1-5H3/t22-,23+. The number of anilines is 1. The first-order chi connectivity index (χ1) is 20.9. The van der Waals surface area contributed by atoms with E-state index in [4.69, 9.17) is 20.8 Å². The largest absolute Gasteiger partial charge is 0.403 e. The lowest BCUT2D eigenvalue weighted by molar-refractivity contribution is -0.00553. The quantitative estimate of drug-likeness (QED) is 0.167. The monoisotopic (exact) mass is 635 g/mol. The summed E-state index contributed by atoms with van der Waals surface area (Å²) in [4.78, 5) is 23.2. The van der Waals surface area contributed by atoms with Crippen LogP contribution in [0.1, 0.15) is 56.2 Å². The Hall–Kier alpha value is -3.50. The van der Waals surface area contributed by atoms with Crippen LogP contribution in [0.3, 0.4) is 0 Å². The Morgan fingerprint density at radius 3 is 2.07 bits per heavy atom. The van der Waals surface area contributed by atoms with Crippen LogP contribution in [0.5, 0.6) is 0 Å². The molecule has 1 aliphatic rings. The highest BCUT2D eigenvalue weighted by molar-refractivity contribution is 6.99.